The highest BCUT2D eigenvalue weighted by Gasteiger charge is 2.15. The summed E-state index contributed by atoms with van der Waals surface area (Å²) in [6.07, 6.45) is 0. The van der Waals surface area contributed by atoms with Crippen LogP contribution in [-0.4, -0.2) is 17.2 Å². The summed E-state index contributed by atoms with van der Waals surface area (Å²) in [6, 6.07) is 3.80. The Morgan fingerprint density at radius 2 is 2.19 bits per heavy atom. The van der Waals surface area contributed by atoms with E-state index in [2.05, 4.69) is 15.5 Å². The Kier molecular flexibility index (Phi) is 2.91. The quantitative estimate of drug-likeness (QED) is 0.864. The van der Waals surface area contributed by atoms with Crippen LogP contribution in [0.25, 0.3) is 11.5 Å². The first-order chi connectivity index (χ1) is 7.72. The summed E-state index contributed by atoms with van der Waals surface area (Å²) in [5.74, 6) is -1.56. The second-order valence-electron chi connectivity index (χ2n) is 3.15. The average Bonchev–Trinajstić information content (AvgIpc) is 2.71. The Labute approximate surface area is 90.3 Å². The van der Waals surface area contributed by atoms with Gasteiger partial charge in [-0.05, 0) is 19.2 Å². The topological polar surface area (TPSA) is 51.0 Å². The van der Waals surface area contributed by atoms with Crippen molar-refractivity contribution in [1.29, 1.82) is 0 Å². The first-order valence-corrected chi connectivity index (χ1v) is 4.64. The van der Waals surface area contributed by atoms with Gasteiger partial charge in [-0.3, -0.25) is 0 Å². The molecule has 0 atom stereocenters. The minimum atomic E-state index is -0.984. The van der Waals surface area contributed by atoms with Gasteiger partial charge in [-0.2, -0.15) is 4.98 Å². The zero-order chi connectivity index (χ0) is 11.5. The third-order valence-electron chi connectivity index (χ3n) is 1.98. The maximum Gasteiger partial charge on any atom is 0.261 e. The largest absolute Gasteiger partial charge is 0.334 e. The molecule has 0 spiro atoms. The molecule has 84 valence electrons. The predicted octanol–water partition coefficient (Wildman–Crippen LogP) is 1.73. The maximum absolute atomic E-state index is 13.4. The lowest BCUT2D eigenvalue weighted by Gasteiger charge is -1.96. The molecule has 1 aromatic heterocycles. The first-order valence-electron chi connectivity index (χ1n) is 4.64. The van der Waals surface area contributed by atoms with Crippen LogP contribution in [0, 0.1) is 11.6 Å². The molecule has 6 heteroatoms. The third kappa shape index (κ3) is 1.92. The molecule has 0 saturated carbocycles. The van der Waals surface area contributed by atoms with Crippen LogP contribution in [0.5, 0.6) is 0 Å². The second kappa shape index (κ2) is 4.36. The SMILES string of the molecule is CNCc1noc(-c2cccc(F)c2F)n1. The summed E-state index contributed by atoms with van der Waals surface area (Å²) in [4.78, 5) is 3.93. The highest BCUT2D eigenvalue weighted by Crippen LogP contribution is 2.22. The molecule has 0 saturated heterocycles. The first kappa shape index (κ1) is 10.7. The van der Waals surface area contributed by atoms with Gasteiger partial charge in [0.15, 0.2) is 17.5 Å². The fourth-order valence-electron chi connectivity index (χ4n) is 1.26. The molecule has 0 fully saturated rings. The summed E-state index contributed by atoms with van der Waals surface area (Å²) >= 11 is 0. The molecule has 0 aliphatic heterocycles. The molecule has 2 rings (SSSR count). The van der Waals surface area contributed by atoms with E-state index >= 15 is 0 Å². The van der Waals surface area contributed by atoms with Gasteiger partial charge in [0.05, 0.1) is 12.1 Å². The molecule has 0 aliphatic carbocycles. The van der Waals surface area contributed by atoms with Gasteiger partial charge in [0.2, 0.25) is 0 Å². The fourth-order valence-corrected chi connectivity index (χ4v) is 1.26. The fraction of sp³-hybridized carbons (Fsp3) is 0.200. The number of benzene rings is 1. The number of nitrogens with zero attached hydrogens (tertiary/aromatic N) is 2. The van der Waals surface area contributed by atoms with Gasteiger partial charge in [0, 0.05) is 0 Å². The van der Waals surface area contributed by atoms with Crippen molar-refractivity contribution >= 4 is 0 Å². The Balaban J connectivity index is 2.39. The van der Waals surface area contributed by atoms with Crippen molar-refractivity contribution in [3.63, 3.8) is 0 Å². The van der Waals surface area contributed by atoms with E-state index in [-0.39, 0.29) is 11.5 Å². The van der Waals surface area contributed by atoms with Gasteiger partial charge >= 0.3 is 0 Å². The van der Waals surface area contributed by atoms with E-state index in [9.17, 15) is 8.78 Å². The summed E-state index contributed by atoms with van der Waals surface area (Å²) < 4.78 is 31.1. The number of hydrogen-bond acceptors (Lipinski definition) is 4. The molecular weight excluding hydrogens is 216 g/mol. The van der Waals surface area contributed by atoms with Crippen molar-refractivity contribution in [3.8, 4) is 11.5 Å². The maximum atomic E-state index is 13.4. The zero-order valence-corrected chi connectivity index (χ0v) is 8.50. The lowest BCUT2D eigenvalue weighted by molar-refractivity contribution is 0.416. The molecule has 1 heterocycles. The molecule has 1 aromatic carbocycles. The van der Waals surface area contributed by atoms with Crippen molar-refractivity contribution in [2.24, 2.45) is 0 Å². The standard InChI is InChI=1S/C10H9F2N3O/c1-13-5-8-14-10(16-15-8)6-3-2-4-7(11)9(6)12/h2-4,13H,5H2,1H3. The van der Waals surface area contributed by atoms with Gasteiger partial charge < -0.3 is 9.84 Å². The molecule has 0 radical (unpaired) electrons. The van der Waals surface area contributed by atoms with E-state index < -0.39 is 11.6 Å². The van der Waals surface area contributed by atoms with Crippen molar-refractivity contribution in [2.75, 3.05) is 7.05 Å². The third-order valence-corrected chi connectivity index (χ3v) is 1.98. The summed E-state index contributed by atoms with van der Waals surface area (Å²) in [6.45, 7) is 0.403. The number of aromatic nitrogens is 2. The van der Waals surface area contributed by atoms with E-state index in [0.29, 0.717) is 12.4 Å². The molecule has 0 unspecified atom stereocenters. The number of rotatable bonds is 3. The van der Waals surface area contributed by atoms with Crippen LogP contribution in [0.3, 0.4) is 0 Å². The minimum absolute atomic E-state index is 0.0257. The van der Waals surface area contributed by atoms with Crippen LogP contribution >= 0.6 is 0 Å². The second-order valence-corrected chi connectivity index (χ2v) is 3.15. The minimum Gasteiger partial charge on any atom is -0.334 e. The van der Waals surface area contributed by atoms with Gasteiger partial charge in [-0.15, -0.1) is 0 Å². The monoisotopic (exact) mass is 225 g/mol. The van der Waals surface area contributed by atoms with Crippen molar-refractivity contribution in [2.45, 2.75) is 6.54 Å². The normalized spacial score (nSPS) is 10.7. The molecule has 0 amide bonds. The van der Waals surface area contributed by atoms with Gasteiger partial charge in [-0.1, -0.05) is 11.2 Å². The zero-order valence-electron chi connectivity index (χ0n) is 8.50. The smallest absolute Gasteiger partial charge is 0.261 e. The Morgan fingerprint density at radius 1 is 1.38 bits per heavy atom. The Hall–Kier alpha value is -1.82. The van der Waals surface area contributed by atoms with E-state index in [1.165, 1.54) is 12.1 Å². The van der Waals surface area contributed by atoms with Gasteiger partial charge in [-0.25, -0.2) is 8.78 Å². The predicted molar refractivity (Wildman–Crippen MR) is 52.4 cm³/mol. The molecule has 1 N–H and O–H groups in total. The summed E-state index contributed by atoms with van der Waals surface area (Å²) in [5.41, 5.74) is -0.0325. The van der Waals surface area contributed by atoms with E-state index in [0.717, 1.165) is 6.07 Å². The highest BCUT2D eigenvalue weighted by atomic mass is 19.2. The van der Waals surface area contributed by atoms with Gasteiger partial charge in [0.25, 0.3) is 5.89 Å². The summed E-state index contributed by atoms with van der Waals surface area (Å²) in [7, 11) is 1.72. The Bertz CT molecular complexity index is 499. The number of hydrogen-bond donors (Lipinski definition) is 1. The van der Waals surface area contributed by atoms with Crippen LogP contribution in [0.2, 0.25) is 0 Å². The lowest BCUT2D eigenvalue weighted by Crippen LogP contribution is -2.06. The van der Waals surface area contributed by atoms with Crippen LogP contribution in [-0.2, 0) is 6.54 Å². The highest BCUT2D eigenvalue weighted by molar-refractivity contribution is 5.53. The molecule has 4 nitrogen and oxygen atoms in total. The van der Waals surface area contributed by atoms with Crippen LogP contribution in [0.1, 0.15) is 5.82 Å². The van der Waals surface area contributed by atoms with Crippen LogP contribution < -0.4 is 5.32 Å². The summed E-state index contributed by atoms with van der Waals surface area (Å²) in [5, 5.41) is 6.44. The molecule has 16 heavy (non-hydrogen) atoms. The Morgan fingerprint density at radius 3 is 2.94 bits per heavy atom. The van der Waals surface area contributed by atoms with Gasteiger partial charge in [0.1, 0.15) is 0 Å². The molecular formula is C10H9F2N3O. The molecule has 2 aromatic rings. The average molecular weight is 225 g/mol. The number of nitrogens with one attached hydrogen (secondary N) is 1. The lowest BCUT2D eigenvalue weighted by atomic mass is 10.2. The van der Waals surface area contributed by atoms with Crippen molar-refractivity contribution in [1.82, 2.24) is 15.5 Å². The molecule has 0 bridgehead atoms. The molecule has 0 aliphatic rings. The van der Waals surface area contributed by atoms with Crippen molar-refractivity contribution < 1.29 is 13.3 Å². The van der Waals surface area contributed by atoms with Crippen LogP contribution in [0.4, 0.5) is 8.78 Å². The van der Waals surface area contributed by atoms with E-state index in [1.54, 1.807) is 7.05 Å². The van der Waals surface area contributed by atoms with E-state index in [1.807, 2.05) is 0 Å². The number of halogens is 2. The van der Waals surface area contributed by atoms with Crippen LogP contribution in [0.15, 0.2) is 22.7 Å². The van der Waals surface area contributed by atoms with E-state index in [4.69, 9.17) is 4.52 Å². The van der Waals surface area contributed by atoms with Crippen molar-refractivity contribution in [3.05, 3.63) is 35.7 Å².